The van der Waals surface area contributed by atoms with Crippen LogP contribution in [-0.2, 0) is 4.79 Å². The largest absolute Gasteiger partial charge is 0.335 e. The highest BCUT2D eigenvalue weighted by Gasteiger charge is 2.09. The molecule has 0 aliphatic rings. The molecule has 0 spiro atoms. The van der Waals surface area contributed by atoms with Crippen molar-refractivity contribution in [3.8, 4) is 0 Å². The molecule has 0 radical (unpaired) electrons. The van der Waals surface area contributed by atoms with E-state index in [2.05, 4.69) is 20.1 Å². The lowest BCUT2D eigenvalue weighted by Gasteiger charge is -2.19. The fourth-order valence-electron chi connectivity index (χ4n) is 1.98. The first-order chi connectivity index (χ1) is 8.76. The third-order valence-corrected chi connectivity index (χ3v) is 3.05. The average molecular weight is 251 g/mol. The van der Waals surface area contributed by atoms with E-state index in [1.807, 2.05) is 0 Å². The van der Waals surface area contributed by atoms with Gasteiger partial charge in [-0.1, -0.05) is 57.6 Å². The molecule has 2 nitrogen and oxygen atoms in total. The monoisotopic (exact) mass is 251 g/mol. The van der Waals surface area contributed by atoms with E-state index in [0.717, 1.165) is 6.42 Å². The molecule has 2 heteroatoms. The average Bonchev–Trinajstić information content (AvgIpc) is 2.37. The maximum absolute atomic E-state index is 11.9. The van der Waals surface area contributed by atoms with Gasteiger partial charge in [0.1, 0.15) is 0 Å². The highest BCUT2D eigenvalue weighted by Crippen LogP contribution is 2.09. The van der Waals surface area contributed by atoms with Crippen LogP contribution in [0.15, 0.2) is 25.3 Å². The van der Waals surface area contributed by atoms with Gasteiger partial charge in [0.05, 0.1) is 0 Å². The summed E-state index contributed by atoms with van der Waals surface area (Å²) >= 11 is 0. The van der Waals surface area contributed by atoms with E-state index in [1.165, 1.54) is 38.5 Å². The maximum atomic E-state index is 11.9. The fraction of sp³-hybridized carbons (Fsp3) is 0.688. The Morgan fingerprint density at radius 1 is 0.944 bits per heavy atom. The molecule has 0 aromatic carbocycles. The summed E-state index contributed by atoms with van der Waals surface area (Å²) in [5, 5.41) is 0. The maximum Gasteiger partial charge on any atom is 0.223 e. The molecule has 1 amide bonds. The number of hydrogen-bond donors (Lipinski definition) is 0. The Bertz CT molecular complexity index is 225. The Morgan fingerprint density at radius 3 is 1.94 bits per heavy atom. The van der Waals surface area contributed by atoms with E-state index >= 15 is 0 Å². The summed E-state index contributed by atoms with van der Waals surface area (Å²) in [6, 6.07) is 0. The Balaban J connectivity index is 3.60. The number of hydrogen-bond acceptors (Lipinski definition) is 1. The minimum Gasteiger partial charge on any atom is -0.335 e. The molecule has 0 N–H and O–H groups in total. The number of unbranched alkanes of at least 4 members (excludes halogenated alkanes) is 6. The van der Waals surface area contributed by atoms with Crippen LogP contribution in [0.3, 0.4) is 0 Å². The Kier molecular flexibility index (Phi) is 11.7. The van der Waals surface area contributed by atoms with Gasteiger partial charge in [-0.3, -0.25) is 4.79 Å². The van der Waals surface area contributed by atoms with Crippen LogP contribution in [0.1, 0.15) is 58.3 Å². The van der Waals surface area contributed by atoms with Gasteiger partial charge in [-0.2, -0.15) is 0 Å². The molecular weight excluding hydrogens is 222 g/mol. The van der Waals surface area contributed by atoms with Crippen molar-refractivity contribution in [3.63, 3.8) is 0 Å². The van der Waals surface area contributed by atoms with E-state index in [9.17, 15) is 4.79 Å². The summed E-state index contributed by atoms with van der Waals surface area (Å²) in [6.07, 6.45) is 12.9. The minimum atomic E-state index is 0.225. The summed E-state index contributed by atoms with van der Waals surface area (Å²) in [7, 11) is 0. The second kappa shape index (κ2) is 12.4. The van der Waals surface area contributed by atoms with E-state index in [1.54, 1.807) is 17.1 Å². The first kappa shape index (κ1) is 16.9. The van der Waals surface area contributed by atoms with Crippen molar-refractivity contribution in [1.82, 2.24) is 4.90 Å². The molecule has 0 aliphatic heterocycles. The normalized spacial score (nSPS) is 10.1. The van der Waals surface area contributed by atoms with Crippen LogP contribution in [0.2, 0.25) is 0 Å². The molecule has 0 bridgehead atoms. The Hall–Kier alpha value is -1.05. The summed E-state index contributed by atoms with van der Waals surface area (Å²) in [4.78, 5) is 13.7. The van der Waals surface area contributed by atoms with E-state index in [0.29, 0.717) is 19.5 Å². The smallest absolute Gasteiger partial charge is 0.223 e. The standard InChI is InChI=1S/C16H29NO/c1-4-7-8-9-10-11-12-13-16(18)17(14-5-2)15-6-3/h5-6H,2-4,7-15H2,1H3. The first-order valence-electron chi connectivity index (χ1n) is 7.25. The topological polar surface area (TPSA) is 20.3 Å². The predicted octanol–water partition coefficient (Wildman–Crippen LogP) is 4.33. The highest BCUT2D eigenvalue weighted by molar-refractivity contribution is 5.76. The molecule has 0 aromatic rings. The molecule has 104 valence electrons. The lowest BCUT2D eigenvalue weighted by molar-refractivity contribution is -0.130. The van der Waals surface area contributed by atoms with Crippen molar-refractivity contribution in [2.24, 2.45) is 0 Å². The van der Waals surface area contributed by atoms with Gasteiger partial charge in [0.15, 0.2) is 0 Å². The van der Waals surface area contributed by atoms with E-state index in [-0.39, 0.29) is 5.91 Å². The zero-order valence-electron chi connectivity index (χ0n) is 12.0. The van der Waals surface area contributed by atoms with Crippen LogP contribution >= 0.6 is 0 Å². The summed E-state index contributed by atoms with van der Waals surface area (Å²) in [6.45, 7) is 10.8. The van der Waals surface area contributed by atoms with Gasteiger partial charge in [0.2, 0.25) is 5.91 Å². The van der Waals surface area contributed by atoms with Crippen LogP contribution in [0.4, 0.5) is 0 Å². The number of amides is 1. The van der Waals surface area contributed by atoms with E-state index < -0.39 is 0 Å². The van der Waals surface area contributed by atoms with Crippen molar-refractivity contribution >= 4 is 5.91 Å². The molecule has 0 unspecified atom stereocenters. The van der Waals surface area contributed by atoms with Crippen molar-refractivity contribution in [2.75, 3.05) is 13.1 Å². The number of carbonyl (C=O) groups excluding carboxylic acids is 1. The molecule has 0 rings (SSSR count). The van der Waals surface area contributed by atoms with Crippen LogP contribution in [0.5, 0.6) is 0 Å². The molecular formula is C16H29NO. The van der Waals surface area contributed by atoms with E-state index in [4.69, 9.17) is 0 Å². The lowest BCUT2D eigenvalue weighted by Crippen LogP contribution is -2.30. The van der Waals surface area contributed by atoms with Gasteiger partial charge in [-0.15, -0.1) is 13.2 Å². The molecule has 0 aliphatic carbocycles. The minimum absolute atomic E-state index is 0.225. The molecule has 0 atom stereocenters. The second-order valence-electron chi connectivity index (χ2n) is 4.75. The first-order valence-corrected chi connectivity index (χ1v) is 7.25. The SMILES string of the molecule is C=CCN(CC=C)C(=O)CCCCCCCCC. The zero-order chi connectivity index (χ0) is 13.6. The van der Waals surface area contributed by atoms with Crippen molar-refractivity contribution in [3.05, 3.63) is 25.3 Å². The van der Waals surface area contributed by atoms with Gasteiger partial charge in [-0.05, 0) is 6.42 Å². The van der Waals surface area contributed by atoms with Crippen molar-refractivity contribution in [1.29, 1.82) is 0 Å². The quantitative estimate of drug-likeness (QED) is 0.373. The summed E-state index contributed by atoms with van der Waals surface area (Å²) in [5.74, 6) is 0.225. The van der Waals surface area contributed by atoms with Crippen LogP contribution in [0, 0.1) is 0 Å². The Morgan fingerprint density at radius 2 is 1.44 bits per heavy atom. The van der Waals surface area contributed by atoms with Gasteiger partial charge in [0, 0.05) is 19.5 Å². The van der Waals surface area contributed by atoms with Crippen molar-refractivity contribution < 1.29 is 4.79 Å². The van der Waals surface area contributed by atoms with Crippen LogP contribution < -0.4 is 0 Å². The van der Waals surface area contributed by atoms with Crippen LogP contribution in [-0.4, -0.2) is 23.9 Å². The van der Waals surface area contributed by atoms with Crippen molar-refractivity contribution in [2.45, 2.75) is 58.3 Å². The van der Waals surface area contributed by atoms with Gasteiger partial charge in [-0.25, -0.2) is 0 Å². The molecule has 18 heavy (non-hydrogen) atoms. The molecule has 0 aromatic heterocycles. The van der Waals surface area contributed by atoms with Crippen LogP contribution in [0.25, 0.3) is 0 Å². The highest BCUT2D eigenvalue weighted by atomic mass is 16.2. The predicted molar refractivity (Wildman–Crippen MR) is 79.6 cm³/mol. The zero-order valence-corrected chi connectivity index (χ0v) is 12.0. The number of rotatable bonds is 12. The van der Waals surface area contributed by atoms with Gasteiger partial charge < -0.3 is 4.90 Å². The lowest BCUT2D eigenvalue weighted by atomic mass is 10.1. The summed E-state index contributed by atoms with van der Waals surface area (Å²) < 4.78 is 0. The summed E-state index contributed by atoms with van der Waals surface area (Å²) in [5.41, 5.74) is 0. The number of nitrogens with zero attached hydrogens (tertiary/aromatic N) is 1. The van der Waals surface area contributed by atoms with Gasteiger partial charge >= 0.3 is 0 Å². The molecule has 0 saturated heterocycles. The van der Waals surface area contributed by atoms with Gasteiger partial charge in [0.25, 0.3) is 0 Å². The number of carbonyl (C=O) groups is 1. The second-order valence-corrected chi connectivity index (χ2v) is 4.75. The molecule has 0 fully saturated rings. The Labute approximate surface area is 113 Å². The molecule has 0 heterocycles. The molecule has 0 saturated carbocycles. The third-order valence-electron chi connectivity index (χ3n) is 3.05. The fourth-order valence-corrected chi connectivity index (χ4v) is 1.98. The third kappa shape index (κ3) is 9.03.